The molecule has 0 saturated heterocycles. The average Bonchev–Trinajstić information content (AvgIpc) is 2.35. The van der Waals surface area contributed by atoms with Crippen LogP contribution in [0.5, 0.6) is 5.75 Å². The van der Waals surface area contributed by atoms with E-state index >= 15 is 0 Å². The maximum Gasteiger partial charge on any atom is 0.126 e. The molecule has 0 aliphatic heterocycles. The molecular weight excluding hydrogens is 210 g/mol. The standard InChI is InChI=1S/C15H19NO/c1-11(16)7-8-12-9-10-15(17-2)14-6-4-3-5-13(12)14/h3-6,9-11H,7-8,16H2,1-2H3/t11-/m0/s1. The summed E-state index contributed by atoms with van der Waals surface area (Å²) in [4.78, 5) is 0. The summed E-state index contributed by atoms with van der Waals surface area (Å²) in [6.45, 7) is 2.05. The van der Waals surface area contributed by atoms with E-state index in [4.69, 9.17) is 10.5 Å². The van der Waals surface area contributed by atoms with Crippen LogP contribution < -0.4 is 10.5 Å². The number of rotatable bonds is 4. The number of hydrogen-bond donors (Lipinski definition) is 1. The summed E-state index contributed by atoms with van der Waals surface area (Å²) in [7, 11) is 1.71. The summed E-state index contributed by atoms with van der Waals surface area (Å²) in [6.07, 6.45) is 2.03. The van der Waals surface area contributed by atoms with Crippen molar-refractivity contribution in [1.29, 1.82) is 0 Å². The number of nitrogens with two attached hydrogens (primary N) is 1. The van der Waals surface area contributed by atoms with Gasteiger partial charge < -0.3 is 10.5 Å². The van der Waals surface area contributed by atoms with Crippen LogP contribution in [0.25, 0.3) is 10.8 Å². The highest BCUT2D eigenvalue weighted by molar-refractivity contribution is 5.91. The number of benzene rings is 2. The predicted molar refractivity (Wildman–Crippen MR) is 72.5 cm³/mol. The number of aryl methyl sites for hydroxylation is 1. The second-order valence-corrected chi connectivity index (χ2v) is 4.49. The summed E-state index contributed by atoms with van der Waals surface area (Å²) in [5.41, 5.74) is 7.16. The monoisotopic (exact) mass is 229 g/mol. The van der Waals surface area contributed by atoms with Gasteiger partial charge in [0.05, 0.1) is 7.11 Å². The van der Waals surface area contributed by atoms with Gasteiger partial charge in [-0.3, -0.25) is 0 Å². The van der Waals surface area contributed by atoms with Crippen LogP contribution in [-0.2, 0) is 6.42 Å². The van der Waals surface area contributed by atoms with Gasteiger partial charge in [-0.25, -0.2) is 0 Å². The first-order valence-corrected chi connectivity index (χ1v) is 6.02. The number of fused-ring (bicyclic) bond motifs is 1. The van der Waals surface area contributed by atoms with Crippen LogP contribution in [0.1, 0.15) is 18.9 Å². The summed E-state index contributed by atoms with van der Waals surface area (Å²) in [5, 5.41) is 2.45. The third-order valence-corrected chi connectivity index (χ3v) is 3.06. The van der Waals surface area contributed by atoms with Gasteiger partial charge >= 0.3 is 0 Å². The molecule has 0 radical (unpaired) electrons. The molecule has 90 valence electrons. The van der Waals surface area contributed by atoms with Crippen LogP contribution in [0.4, 0.5) is 0 Å². The molecule has 2 heteroatoms. The lowest BCUT2D eigenvalue weighted by atomic mass is 9.99. The molecule has 2 aromatic rings. The van der Waals surface area contributed by atoms with Crippen molar-refractivity contribution in [1.82, 2.24) is 0 Å². The van der Waals surface area contributed by atoms with Gasteiger partial charge in [0, 0.05) is 11.4 Å². The Morgan fingerprint density at radius 1 is 1.12 bits per heavy atom. The van der Waals surface area contributed by atoms with Crippen LogP contribution in [0.3, 0.4) is 0 Å². The number of methoxy groups -OCH3 is 1. The van der Waals surface area contributed by atoms with E-state index in [0.29, 0.717) is 0 Å². The zero-order valence-electron chi connectivity index (χ0n) is 10.4. The molecule has 0 aliphatic carbocycles. The minimum atomic E-state index is 0.246. The van der Waals surface area contributed by atoms with Gasteiger partial charge in [-0.05, 0) is 36.8 Å². The number of ether oxygens (including phenoxy) is 1. The van der Waals surface area contributed by atoms with Crippen molar-refractivity contribution < 1.29 is 4.74 Å². The zero-order chi connectivity index (χ0) is 12.3. The molecule has 0 spiro atoms. The fraction of sp³-hybridized carbons (Fsp3) is 0.333. The van der Waals surface area contributed by atoms with Gasteiger partial charge in [-0.2, -0.15) is 0 Å². The van der Waals surface area contributed by atoms with E-state index in [1.165, 1.54) is 16.3 Å². The smallest absolute Gasteiger partial charge is 0.126 e. The Hall–Kier alpha value is -1.54. The Morgan fingerprint density at radius 3 is 2.47 bits per heavy atom. The molecule has 2 aromatic carbocycles. The molecule has 17 heavy (non-hydrogen) atoms. The van der Waals surface area contributed by atoms with E-state index in [-0.39, 0.29) is 6.04 Å². The van der Waals surface area contributed by atoms with E-state index in [2.05, 4.69) is 24.3 Å². The maximum atomic E-state index is 5.82. The molecule has 2 rings (SSSR count). The van der Waals surface area contributed by atoms with E-state index in [1.54, 1.807) is 7.11 Å². The molecule has 1 atom stereocenters. The third-order valence-electron chi connectivity index (χ3n) is 3.06. The second-order valence-electron chi connectivity index (χ2n) is 4.49. The van der Waals surface area contributed by atoms with Crippen molar-refractivity contribution in [2.45, 2.75) is 25.8 Å². The molecule has 2 nitrogen and oxygen atoms in total. The molecule has 0 heterocycles. The van der Waals surface area contributed by atoms with Gasteiger partial charge in [0.1, 0.15) is 5.75 Å². The largest absolute Gasteiger partial charge is 0.496 e. The van der Waals surface area contributed by atoms with Crippen LogP contribution in [0.15, 0.2) is 36.4 Å². The first-order chi connectivity index (χ1) is 8.22. The lowest BCUT2D eigenvalue weighted by molar-refractivity contribution is 0.419. The third kappa shape index (κ3) is 2.59. The highest BCUT2D eigenvalue weighted by Crippen LogP contribution is 2.28. The van der Waals surface area contributed by atoms with E-state index in [9.17, 15) is 0 Å². The Balaban J connectivity index is 2.43. The summed E-state index contributed by atoms with van der Waals surface area (Å²) in [5.74, 6) is 0.935. The average molecular weight is 229 g/mol. The van der Waals surface area contributed by atoms with E-state index in [0.717, 1.165) is 18.6 Å². The lowest BCUT2D eigenvalue weighted by Gasteiger charge is -2.11. The molecule has 0 aromatic heterocycles. The first kappa shape index (κ1) is 11.9. The Kier molecular flexibility index (Phi) is 3.64. The molecule has 0 amide bonds. The van der Waals surface area contributed by atoms with Crippen molar-refractivity contribution in [2.24, 2.45) is 5.73 Å². The maximum absolute atomic E-state index is 5.82. The predicted octanol–water partition coefficient (Wildman–Crippen LogP) is 3.13. The van der Waals surface area contributed by atoms with Crippen molar-refractivity contribution in [2.75, 3.05) is 7.11 Å². The Bertz CT molecular complexity index is 505. The van der Waals surface area contributed by atoms with Gasteiger partial charge in [0.15, 0.2) is 0 Å². The van der Waals surface area contributed by atoms with Crippen molar-refractivity contribution in [3.63, 3.8) is 0 Å². The first-order valence-electron chi connectivity index (χ1n) is 6.02. The molecular formula is C15H19NO. The minimum absolute atomic E-state index is 0.246. The van der Waals surface area contributed by atoms with Crippen LogP contribution >= 0.6 is 0 Å². The second kappa shape index (κ2) is 5.19. The van der Waals surface area contributed by atoms with Gasteiger partial charge in [-0.1, -0.05) is 30.3 Å². The van der Waals surface area contributed by atoms with Gasteiger partial charge in [0.25, 0.3) is 0 Å². The van der Waals surface area contributed by atoms with Crippen molar-refractivity contribution in [3.8, 4) is 5.75 Å². The molecule has 0 fully saturated rings. The normalized spacial score (nSPS) is 12.6. The molecule has 0 saturated carbocycles. The number of hydrogen-bond acceptors (Lipinski definition) is 2. The summed E-state index contributed by atoms with van der Waals surface area (Å²) in [6, 6.07) is 12.8. The summed E-state index contributed by atoms with van der Waals surface area (Å²) < 4.78 is 5.38. The van der Waals surface area contributed by atoms with Gasteiger partial charge in [0.2, 0.25) is 0 Å². The molecule has 0 bridgehead atoms. The van der Waals surface area contributed by atoms with Crippen LogP contribution in [-0.4, -0.2) is 13.2 Å². The van der Waals surface area contributed by atoms with E-state index in [1.807, 2.05) is 19.1 Å². The zero-order valence-corrected chi connectivity index (χ0v) is 10.4. The van der Waals surface area contributed by atoms with Crippen molar-refractivity contribution >= 4 is 10.8 Å². The molecule has 0 aliphatic rings. The quantitative estimate of drug-likeness (QED) is 0.874. The van der Waals surface area contributed by atoms with Crippen LogP contribution in [0, 0.1) is 0 Å². The molecule has 2 N–H and O–H groups in total. The topological polar surface area (TPSA) is 35.2 Å². The van der Waals surface area contributed by atoms with Crippen LogP contribution in [0.2, 0.25) is 0 Å². The lowest BCUT2D eigenvalue weighted by Crippen LogP contribution is -2.15. The highest BCUT2D eigenvalue weighted by Gasteiger charge is 2.06. The molecule has 0 unspecified atom stereocenters. The van der Waals surface area contributed by atoms with Crippen molar-refractivity contribution in [3.05, 3.63) is 42.0 Å². The fourth-order valence-electron chi connectivity index (χ4n) is 2.11. The highest BCUT2D eigenvalue weighted by atomic mass is 16.5. The van der Waals surface area contributed by atoms with Gasteiger partial charge in [-0.15, -0.1) is 0 Å². The Labute approximate surface area is 102 Å². The summed E-state index contributed by atoms with van der Waals surface area (Å²) >= 11 is 0. The Morgan fingerprint density at radius 2 is 1.82 bits per heavy atom. The minimum Gasteiger partial charge on any atom is -0.496 e. The van der Waals surface area contributed by atoms with E-state index < -0.39 is 0 Å². The SMILES string of the molecule is COc1ccc(CC[C@H](C)N)c2ccccc12. The fourth-order valence-corrected chi connectivity index (χ4v) is 2.11.